The number of amides is 2. The number of carboxylic acids is 1. The van der Waals surface area contributed by atoms with Crippen molar-refractivity contribution < 1.29 is 19.5 Å². The summed E-state index contributed by atoms with van der Waals surface area (Å²) in [4.78, 5) is 73.7. The molecule has 8 rings (SSSR count). The molecule has 8 heterocycles. The number of rotatable bonds is 4. The quantitative estimate of drug-likeness (QED) is 0.164. The first-order valence-corrected chi connectivity index (χ1v) is 17.8. The van der Waals surface area contributed by atoms with E-state index in [-0.39, 0.29) is 39.9 Å². The predicted molar refractivity (Wildman–Crippen MR) is 210 cm³/mol. The highest BCUT2D eigenvalue weighted by Gasteiger charge is 2.22. The van der Waals surface area contributed by atoms with E-state index in [9.17, 15) is 24.0 Å². The van der Waals surface area contributed by atoms with Crippen LogP contribution in [0, 0.1) is 0 Å². The lowest BCUT2D eigenvalue weighted by molar-refractivity contribution is 0.0644. The number of hydrogen-bond donors (Lipinski definition) is 5. The van der Waals surface area contributed by atoms with Crippen molar-refractivity contribution in [3.8, 4) is 5.82 Å². The summed E-state index contributed by atoms with van der Waals surface area (Å²) in [6, 6.07) is 16.0. The zero-order valence-corrected chi connectivity index (χ0v) is 31.1. The van der Waals surface area contributed by atoms with Crippen LogP contribution in [0.1, 0.15) is 50.3 Å². The number of nitrogens with one attached hydrogen (secondary N) is 2. The fourth-order valence-corrected chi connectivity index (χ4v) is 4.59. The van der Waals surface area contributed by atoms with Crippen LogP contribution >= 0.6 is 23.2 Å². The Bertz CT molecular complexity index is 2130. The third-order valence-electron chi connectivity index (χ3n) is 8.01. The molecule has 0 spiro atoms. The van der Waals surface area contributed by atoms with Crippen molar-refractivity contribution in [2.75, 3.05) is 50.7 Å². The number of halogens is 2. The molecule has 55 heavy (non-hydrogen) atoms. The second-order valence-electron chi connectivity index (χ2n) is 11.9. The highest BCUT2D eigenvalue weighted by molar-refractivity contribution is 6.29. The standard InChI is InChI=1S/C14H14N4O2.C9H9ClN2O.C6H4ClNO2.C5H6N2O.C3H7N/c15-11-3-1-8-18(14(11)20)12-5-4-10(9-16-12)13(19)17-6-2-7-17;10-8-3-2-7(6-11-8)9(13)12-4-1-5-12;7-5-2-1-4(3-8-5)6(9)10;6-4-2-1-3-7-5(4)8;1-2-4-3-1/h1,3-5,8-9H,2,6-7,15H2;2-3,6H,1,4-5H2;1-3H,(H,9,10);1-3H,6H2,(H,7,8);4H,1-3H2. The first kappa shape index (κ1) is 41.7. The minimum absolute atomic E-state index is 0.0183. The number of pyridine rings is 5. The predicted octanol–water partition coefficient (Wildman–Crippen LogP) is 3.61. The van der Waals surface area contributed by atoms with E-state index in [0.29, 0.717) is 27.3 Å². The number of aromatic carboxylic acids is 1. The van der Waals surface area contributed by atoms with Crippen LogP contribution in [0.25, 0.3) is 5.82 Å². The van der Waals surface area contributed by atoms with Gasteiger partial charge in [-0.15, -0.1) is 0 Å². The highest BCUT2D eigenvalue weighted by Crippen LogP contribution is 2.14. The first-order valence-electron chi connectivity index (χ1n) is 17.1. The molecule has 5 aromatic heterocycles. The molecule has 0 bridgehead atoms. The number of nitrogens with two attached hydrogens (primary N) is 2. The van der Waals surface area contributed by atoms with E-state index in [2.05, 4.69) is 25.3 Å². The maximum absolute atomic E-state index is 12.0. The van der Waals surface area contributed by atoms with Crippen molar-refractivity contribution in [3.05, 3.63) is 139 Å². The third kappa shape index (κ3) is 12.8. The van der Waals surface area contributed by atoms with E-state index in [0.717, 1.165) is 39.0 Å². The smallest absolute Gasteiger partial charge is 0.337 e. The van der Waals surface area contributed by atoms with Gasteiger partial charge in [0.05, 0.1) is 28.1 Å². The van der Waals surface area contributed by atoms with Crippen LogP contribution in [0.2, 0.25) is 10.3 Å². The zero-order valence-electron chi connectivity index (χ0n) is 29.6. The average Bonchev–Trinajstić information content (AvgIpc) is 3.10. The molecule has 288 valence electrons. The lowest BCUT2D eigenvalue weighted by atomic mass is 10.1. The normalized spacial score (nSPS) is 13.4. The van der Waals surface area contributed by atoms with Crippen LogP contribution in [-0.4, -0.2) is 96.5 Å². The van der Waals surface area contributed by atoms with Crippen LogP contribution in [0.5, 0.6) is 0 Å². The van der Waals surface area contributed by atoms with Crippen LogP contribution in [0.3, 0.4) is 0 Å². The molecule has 0 saturated carbocycles. The Hall–Kier alpha value is -6.10. The molecule has 0 aliphatic carbocycles. The number of carboxylic acid groups (broad SMARTS) is 1. The second-order valence-corrected chi connectivity index (χ2v) is 12.7. The largest absolute Gasteiger partial charge is 0.478 e. The summed E-state index contributed by atoms with van der Waals surface area (Å²) < 4.78 is 1.35. The fraction of sp³-hybridized carbons (Fsp3) is 0.243. The van der Waals surface area contributed by atoms with E-state index < -0.39 is 5.97 Å². The topological polar surface area (TPSA) is 236 Å². The highest BCUT2D eigenvalue weighted by atomic mass is 35.5. The van der Waals surface area contributed by atoms with E-state index >= 15 is 0 Å². The number of aromatic nitrogens is 5. The molecule has 0 aromatic carbocycles. The van der Waals surface area contributed by atoms with Crippen LogP contribution < -0.4 is 27.9 Å². The molecule has 0 atom stereocenters. The van der Waals surface area contributed by atoms with Crippen LogP contribution in [-0.2, 0) is 0 Å². The Morgan fingerprint density at radius 2 is 1.16 bits per heavy atom. The number of carbonyl (C=O) groups excluding carboxylic acids is 2. The SMILES string of the molecule is C1CNC1.Nc1ccc[nH]c1=O.Nc1cccn(-c2ccc(C(=O)N3CCC3)cn2)c1=O.O=C(O)c1ccc(Cl)nc1.O=C(c1ccc(Cl)nc1)N1CCC1. The summed E-state index contributed by atoms with van der Waals surface area (Å²) >= 11 is 11.0. The zero-order chi connectivity index (χ0) is 39.7. The summed E-state index contributed by atoms with van der Waals surface area (Å²) in [7, 11) is 0. The van der Waals surface area contributed by atoms with Gasteiger partial charge in [0.2, 0.25) is 0 Å². The molecule has 0 unspecified atom stereocenters. The molecular weight excluding hydrogens is 751 g/mol. The first-order chi connectivity index (χ1) is 26.4. The molecule has 3 aliphatic heterocycles. The Labute approximate surface area is 325 Å². The molecule has 2 amide bonds. The van der Waals surface area contributed by atoms with E-state index in [4.69, 9.17) is 39.8 Å². The minimum atomic E-state index is -0.996. The molecule has 0 radical (unpaired) electrons. The molecule has 16 nitrogen and oxygen atoms in total. The van der Waals surface area contributed by atoms with Gasteiger partial charge in [0, 0.05) is 57.2 Å². The lowest BCUT2D eigenvalue weighted by Crippen LogP contribution is -2.42. The maximum atomic E-state index is 12.0. The van der Waals surface area contributed by atoms with Gasteiger partial charge in [0.15, 0.2) is 0 Å². The van der Waals surface area contributed by atoms with Crippen molar-refractivity contribution in [1.82, 2.24) is 39.6 Å². The van der Waals surface area contributed by atoms with Gasteiger partial charge in [-0.3, -0.25) is 23.7 Å². The number of anilines is 2. The molecule has 3 aliphatic rings. The van der Waals surface area contributed by atoms with Gasteiger partial charge in [-0.05, 0) is 93.0 Å². The van der Waals surface area contributed by atoms with Crippen molar-refractivity contribution in [1.29, 1.82) is 0 Å². The van der Waals surface area contributed by atoms with Gasteiger partial charge >= 0.3 is 5.97 Å². The summed E-state index contributed by atoms with van der Waals surface area (Å²) in [6.45, 7) is 5.83. The summed E-state index contributed by atoms with van der Waals surface area (Å²) in [5.74, 6) is -0.516. The van der Waals surface area contributed by atoms with Gasteiger partial charge in [-0.2, -0.15) is 0 Å². The van der Waals surface area contributed by atoms with Crippen LogP contribution in [0.15, 0.2) is 101 Å². The van der Waals surface area contributed by atoms with Gasteiger partial charge in [-0.1, -0.05) is 23.2 Å². The number of likely N-dealkylation sites (tertiary alicyclic amines) is 2. The number of nitrogens with zero attached hydrogens (tertiary/aromatic N) is 6. The minimum Gasteiger partial charge on any atom is -0.478 e. The van der Waals surface area contributed by atoms with Gasteiger partial charge in [-0.25, -0.2) is 19.7 Å². The van der Waals surface area contributed by atoms with Gasteiger partial charge in [0.1, 0.15) is 16.1 Å². The summed E-state index contributed by atoms with van der Waals surface area (Å²) in [5, 5.41) is 12.2. The van der Waals surface area contributed by atoms with E-state index in [1.807, 2.05) is 0 Å². The fourth-order valence-electron chi connectivity index (χ4n) is 4.37. The number of carbonyl (C=O) groups is 3. The summed E-state index contributed by atoms with van der Waals surface area (Å²) in [6.07, 6.45) is 10.9. The molecule has 3 fully saturated rings. The van der Waals surface area contributed by atoms with Crippen molar-refractivity contribution >= 4 is 52.4 Å². The van der Waals surface area contributed by atoms with Gasteiger partial charge < -0.3 is 36.7 Å². The molecule has 18 heteroatoms. The Morgan fingerprint density at radius 3 is 1.53 bits per heavy atom. The maximum Gasteiger partial charge on any atom is 0.337 e. The third-order valence-corrected chi connectivity index (χ3v) is 8.46. The Balaban J connectivity index is 0.000000166. The Kier molecular flexibility index (Phi) is 15.9. The number of aromatic amines is 1. The Morgan fingerprint density at radius 1 is 0.673 bits per heavy atom. The monoisotopic (exact) mass is 790 g/mol. The van der Waals surface area contributed by atoms with E-state index in [1.54, 1.807) is 70.7 Å². The van der Waals surface area contributed by atoms with Crippen molar-refractivity contribution in [3.63, 3.8) is 0 Å². The number of hydrogen-bond acceptors (Lipinski definition) is 11. The molecule has 3 saturated heterocycles. The lowest BCUT2D eigenvalue weighted by Gasteiger charge is -2.30. The number of nitrogen functional groups attached to an aromatic ring is 2. The van der Waals surface area contributed by atoms with Crippen molar-refractivity contribution in [2.24, 2.45) is 0 Å². The van der Waals surface area contributed by atoms with Crippen molar-refractivity contribution in [2.45, 2.75) is 19.3 Å². The number of H-pyrrole nitrogens is 1. The molecule has 5 aromatic rings. The van der Waals surface area contributed by atoms with Gasteiger partial charge in [0.25, 0.3) is 22.9 Å². The molecular formula is C37H40Cl2N10O6. The molecule has 7 N–H and O–H groups in total. The van der Waals surface area contributed by atoms with E-state index in [1.165, 1.54) is 54.8 Å². The summed E-state index contributed by atoms with van der Waals surface area (Å²) in [5.41, 5.74) is 11.9. The second kappa shape index (κ2) is 21.0. The van der Waals surface area contributed by atoms with Crippen LogP contribution in [0.4, 0.5) is 11.4 Å². The average molecular weight is 792 g/mol.